The van der Waals surface area contributed by atoms with Crippen LogP contribution < -0.4 is 10.2 Å². The summed E-state index contributed by atoms with van der Waals surface area (Å²) in [5.41, 5.74) is 1.58. The number of carbonyl (C=O) groups is 2. The van der Waals surface area contributed by atoms with E-state index in [9.17, 15) is 22.8 Å². The van der Waals surface area contributed by atoms with Crippen LogP contribution in [0.4, 0.5) is 29.3 Å². The normalized spacial score (nSPS) is 15.1. The van der Waals surface area contributed by atoms with Gasteiger partial charge in [0.05, 0.1) is 16.9 Å². The first kappa shape index (κ1) is 24.6. The van der Waals surface area contributed by atoms with Gasteiger partial charge in [-0.15, -0.1) is 0 Å². The van der Waals surface area contributed by atoms with E-state index in [0.717, 1.165) is 17.7 Å². The zero-order valence-electron chi connectivity index (χ0n) is 19.4. The molecule has 33 heavy (non-hydrogen) atoms. The van der Waals surface area contributed by atoms with Crippen LogP contribution in [0.3, 0.4) is 0 Å². The molecule has 0 radical (unpaired) electrons. The number of alkyl halides is 3. The van der Waals surface area contributed by atoms with Crippen molar-refractivity contribution in [3.63, 3.8) is 0 Å². The van der Waals surface area contributed by atoms with E-state index in [1.54, 1.807) is 21.9 Å². The van der Waals surface area contributed by atoms with E-state index >= 15 is 0 Å². The highest BCUT2D eigenvalue weighted by Gasteiger charge is 2.32. The van der Waals surface area contributed by atoms with Gasteiger partial charge in [-0.25, -0.2) is 4.79 Å². The van der Waals surface area contributed by atoms with Gasteiger partial charge in [0.2, 0.25) is 5.91 Å². The molecule has 1 aliphatic rings. The average molecular weight is 462 g/mol. The number of nitrogens with one attached hydrogen (secondary N) is 1. The summed E-state index contributed by atoms with van der Waals surface area (Å²) in [5.74, 6) is -0.139. The molecule has 0 aromatic heterocycles. The molecule has 2 aromatic rings. The van der Waals surface area contributed by atoms with Crippen LogP contribution in [0.15, 0.2) is 42.5 Å². The summed E-state index contributed by atoms with van der Waals surface area (Å²) >= 11 is 0. The van der Waals surface area contributed by atoms with Gasteiger partial charge in [0.25, 0.3) is 0 Å². The third kappa shape index (κ3) is 6.49. The molecular weight excluding hydrogens is 431 g/mol. The largest absolute Gasteiger partial charge is 0.416 e. The molecule has 0 saturated carbocycles. The van der Waals surface area contributed by atoms with Gasteiger partial charge in [0.15, 0.2) is 0 Å². The van der Waals surface area contributed by atoms with Crippen molar-refractivity contribution in [1.82, 2.24) is 4.90 Å². The molecule has 2 aromatic carbocycles. The smallest absolute Gasteiger partial charge is 0.324 e. The summed E-state index contributed by atoms with van der Waals surface area (Å²) in [6, 6.07) is 10.2. The highest BCUT2D eigenvalue weighted by atomic mass is 19.4. The summed E-state index contributed by atoms with van der Waals surface area (Å²) in [6.45, 7) is 8.82. The van der Waals surface area contributed by atoms with Crippen molar-refractivity contribution >= 4 is 23.3 Å². The van der Waals surface area contributed by atoms with E-state index in [2.05, 4.69) is 5.32 Å². The number of nitrogens with zero attached hydrogens (tertiary/aromatic N) is 2. The second-order valence-electron chi connectivity index (χ2n) is 9.71. The number of hydrogen-bond acceptors (Lipinski definition) is 2. The fraction of sp³-hybridized carbons (Fsp3) is 0.440. The Labute approximate surface area is 192 Å². The van der Waals surface area contributed by atoms with Crippen LogP contribution in [0, 0.1) is 12.3 Å². The Bertz CT molecular complexity index is 1030. The molecule has 178 valence electrons. The number of benzene rings is 2. The van der Waals surface area contributed by atoms with E-state index in [1.165, 1.54) is 6.07 Å². The molecule has 0 unspecified atom stereocenters. The summed E-state index contributed by atoms with van der Waals surface area (Å²) in [5, 5.41) is 2.94. The predicted octanol–water partition coefficient (Wildman–Crippen LogP) is 6.22. The fourth-order valence-electron chi connectivity index (χ4n) is 3.88. The molecule has 0 atom stereocenters. The average Bonchev–Trinajstić information content (AvgIpc) is 2.68. The van der Waals surface area contributed by atoms with Gasteiger partial charge in [-0.1, -0.05) is 39.0 Å². The molecule has 1 heterocycles. The number of rotatable bonds is 5. The van der Waals surface area contributed by atoms with Crippen molar-refractivity contribution in [2.45, 2.75) is 53.3 Å². The summed E-state index contributed by atoms with van der Waals surface area (Å²) < 4.78 is 39.2. The third-order valence-electron chi connectivity index (χ3n) is 5.35. The van der Waals surface area contributed by atoms with E-state index in [-0.39, 0.29) is 23.9 Å². The Morgan fingerprint density at radius 3 is 2.45 bits per heavy atom. The zero-order chi connectivity index (χ0) is 24.4. The Morgan fingerprint density at radius 2 is 1.79 bits per heavy atom. The van der Waals surface area contributed by atoms with Crippen LogP contribution >= 0.6 is 0 Å². The van der Waals surface area contributed by atoms with E-state index < -0.39 is 11.7 Å². The predicted molar refractivity (Wildman–Crippen MR) is 123 cm³/mol. The number of hydrogen-bond donors (Lipinski definition) is 1. The molecule has 0 bridgehead atoms. The molecule has 1 aliphatic heterocycles. The Hall–Kier alpha value is -3.03. The van der Waals surface area contributed by atoms with Crippen LogP contribution in [0.2, 0.25) is 0 Å². The molecule has 3 rings (SSSR count). The van der Waals surface area contributed by atoms with Crippen LogP contribution in [0.5, 0.6) is 0 Å². The third-order valence-corrected chi connectivity index (χ3v) is 5.35. The Balaban J connectivity index is 1.82. The first-order valence-corrected chi connectivity index (χ1v) is 11.0. The molecule has 1 fully saturated rings. The molecule has 3 amide bonds. The quantitative estimate of drug-likeness (QED) is 0.575. The van der Waals surface area contributed by atoms with Crippen molar-refractivity contribution < 1.29 is 22.8 Å². The van der Waals surface area contributed by atoms with E-state index in [4.69, 9.17) is 0 Å². The lowest BCUT2D eigenvalue weighted by molar-refractivity contribution is -0.137. The number of urea groups is 1. The Morgan fingerprint density at radius 1 is 1.06 bits per heavy atom. The van der Waals surface area contributed by atoms with Crippen molar-refractivity contribution in [2.75, 3.05) is 23.3 Å². The maximum absolute atomic E-state index is 13.3. The minimum Gasteiger partial charge on any atom is -0.324 e. The van der Waals surface area contributed by atoms with E-state index in [1.807, 2.05) is 39.8 Å². The highest BCUT2D eigenvalue weighted by molar-refractivity contribution is 6.01. The molecule has 1 N–H and O–H groups in total. The lowest BCUT2D eigenvalue weighted by Crippen LogP contribution is -2.49. The monoisotopic (exact) mass is 461 g/mol. The molecule has 1 saturated heterocycles. The minimum atomic E-state index is -4.43. The number of aryl methyl sites for hydroxylation is 1. The van der Waals surface area contributed by atoms with Crippen LogP contribution in [-0.4, -0.2) is 29.9 Å². The standard InChI is InChI=1S/C25H30F3N3O2/c1-17-9-10-21(20(13-17)29-22(32)15-24(2,3)4)31-12-6-11-30(23(31)33)16-18-7-5-8-19(14-18)25(26,27)28/h5,7-10,13-14H,6,11-12,15-16H2,1-4H3,(H,29,32). The van der Waals surface area contributed by atoms with Gasteiger partial charge in [-0.05, 0) is 54.2 Å². The van der Waals surface area contributed by atoms with Gasteiger partial charge < -0.3 is 10.2 Å². The Kier molecular flexibility index (Phi) is 7.05. The lowest BCUT2D eigenvalue weighted by Gasteiger charge is -2.36. The highest BCUT2D eigenvalue weighted by Crippen LogP contribution is 2.32. The first-order chi connectivity index (χ1) is 15.3. The fourth-order valence-corrected chi connectivity index (χ4v) is 3.88. The van der Waals surface area contributed by atoms with Crippen molar-refractivity contribution in [2.24, 2.45) is 5.41 Å². The maximum Gasteiger partial charge on any atom is 0.416 e. The molecule has 0 spiro atoms. The lowest BCUT2D eigenvalue weighted by atomic mass is 9.92. The van der Waals surface area contributed by atoms with Gasteiger partial charge in [-0.3, -0.25) is 9.69 Å². The topological polar surface area (TPSA) is 52.6 Å². The summed E-state index contributed by atoms with van der Waals surface area (Å²) in [4.78, 5) is 29.0. The van der Waals surface area contributed by atoms with Crippen LogP contribution in [0.25, 0.3) is 0 Å². The molecule has 0 aliphatic carbocycles. The number of anilines is 2. The second kappa shape index (κ2) is 9.45. The first-order valence-electron chi connectivity index (χ1n) is 11.0. The van der Waals surface area contributed by atoms with E-state index in [0.29, 0.717) is 42.9 Å². The minimum absolute atomic E-state index is 0.0802. The van der Waals surface area contributed by atoms with Gasteiger partial charge >= 0.3 is 12.2 Å². The SMILES string of the molecule is Cc1ccc(N2CCCN(Cc3cccc(C(F)(F)F)c3)C2=O)c(NC(=O)CC(C)(C)C)c1. The summed E-state index contributed by atoms with van der Waals surface area (Å²) in [7, 11) is 0. The maximum atomic E-state index is 13.3. The number of halogens is 3. The molecule has 8 heteroatoms. The van der Waals surface area contributed by atoms with Crippen molar-refractivity contribution in [3.8, 4) is 0 Å². The van der Waals surface area contributed by atoms with Gasteiger partial charge in [0, 0.05) is 26.1 Å². The van der Waals surface area contributed by atoms with Gasteiger partial charge in [-0.2, -0.15) is 13.2 Å². The van der Waals surface area contributed by atoms with Crippen LogP contribution in [-0.2, 0) is 17.5 Å². The molecular formula is C25H30F3N3O2. The number of carbonyl (C=O) groups excluding carboxylic acids is 2. The number of amides is 3. The summed E-state index contributed by atoms with van der Waals surface area (Å²) in [6.07, 6.45) is -3.44. The second-order valence-corrected chi connectivity index (χ2v) is 9.71. The van der Waals surface area contributed by atoms with Crippen molar-refractivity contribution in [1.29, 1.82) is 0 Å². The van der Waals surface area contributed by atoms with Crippen molar-refractivity contribution in [3.05, 3.63) is 59.2 Å². The zero-order valence-corrected chi connectivity index (χ0v) is 19.4. The van der Waals surface area contributed by atoms with Gasteiger partial charge in [0.1, 0.15) is 0 Å². The van der Waals surface area contributed by atoms with Crippen LogP contribution in [0.1, 0.15) is 50.3 Å². The molecule has 5 nitrogen and oxygen atoms in total.